The molecule has 2 unspecified atom stereocenters. The number of carboxylic acid groups (broad SMARTS) is 1. The first-order chi connectivity index (χ1) is 17.1. The Hall–Kier alpha value is -2.30. The zero-order valence-corrected chi connectivity index (χ0v) is 22.1. The molecule has 0 aliphatic carbocycles. The van der Waals surface area contributed by atoms with E-state index in [0.717, 1.165) is 50.2 Å². The minimum absolute atomic E-state index is 0.0201. The molecule has 2 rings (SSSR count). The lowest BCUT2D eigenvalue weighted by Crippen LogP contribution is -2.46. The van der Waals surface area contributed by atoms with Crippen molar-refractivity contribution in [2.75, 3.05) is 52.3 Å². The number of aryl methyl sites for hydroxylation is 2. The van der Waals surface area contributed by atoms with Gasteiger partial charge >= 0.3 is 5.97 Å². The average molecular weight is 511 g/mol. The zero-order chi connectivity index (χ0) is 26.6. The number of nitrogens with one attached hydrogen (secondary N) is 2. The summed E-state index contributed by atoms with van der Waals surface area (Å²) in [7, 11) is 2.96. The second kappa shape index (κ2) is 15.1. The topological polar surface area (TPSA) is 113 Å². The predicted octanol–water partition coefficient (Wildman–Crippen LogP) is 2.82. The van der Waals surface area contributed by atoms with Crippen molar-refractivity contribution in [2.45, 2.75) is 76.6 Å². The summed E-state index contributed by atoms with van der Waals surface area (Å²) in [5.74, 6) is -0.522. The van der Waals surface area contributed by atoms with Crippen molar-refractivity contribution in [3.63, 3.8) is 0 Å². The van der Waals surface area contributed by atoms with E-state index in [1.165, 1.54) is 19.8 Å². The van der Waals surface area contributed by atoms with Crippen molar-refractivity contribution in [3.8, 4) is 0 Å². The third-order valence-electron chi connectivity index (χ3n) is 6.42. The van der Waals surface area contributed by atoms with Gasteiger partial charge < -0.3 is 30.1 Å². The molecule has 0 saturated carbocycles. The van der Waals surface area contributed by atoms with Gasteiger partial charge in [0.2, 0.25) is 5.91 Å². The number of hydrogen-bond donors (Lipinski definition) is 3. The molecule has 0 saturated heterocycles. The third-order valence-corrected chi connectivity index (χ3v) is 6.42. The molecule has 0 aromatic carbocycles. The van der Waals surface area contributed by atoms with E-state index in [9.17, 15) is 19.1 Å². The fraction of sp³-hybridized carbons (Fsp3) is 0.731. The number of fused-ring (bicyclic) bond motifs is 1. The van der Waals surface area contributed by atoms with Crippen LogP contribution in [-0.4, -0.2) is 91.7 Å². The molecule has 1 amide bonds. The van der Waals surface area contributed by atoms with Crippen molar-refractivity contribution in [1.82, 2.24) is 15.2 Å². The number of alkyl halides is 1. The molecule has 204 valence electrons. The molecular weight excluding hydrogens is 467 g/mol. The van der Waals surface area contributed by atoms with Crippen LogP contribution in [0.1, 0.15) is 57.2 Å². The molecule has 1 aliphatic heterocycles. The smallest absolute Gasteiger partial charge is 0.326 e. The molecule has 36 heavy (non-hydrogen) atoms. The number of aliphatic carboxylic acids is 1. The van der Waals surface area contributed by atoms with Crippen LogP contribution in [0, 0.1) is 0 Å². The SMILES string of the molecule is COCC(F)CN(CCCCc1ccc2c(n1)NCCC2)CCC(NC(=O)CC(C)(C)OC)C(=O)O. The Kier molecular flexibility index (Phi) is 12.5. The predicted molar refractivity (Wildman–Crippen MR) is 137 cm³/mol. The molecular formula is C26H43FN4O5. The number of nitrogens with zero attached hydrogens (tertiary/aromatic N) is 2. The number of carboxylic acids is 1. The summed E-state index contributed by atoms with van der Waals surface area (Å²) in [5, 5.41) is 15.5. The summed E-state index contributed by atoms with van der Waals surface area (Å²) in [6, 6.07) is 3.16. The van der Waals surface area contributed by atoms with Crippen molar-refractivity contribution in [2.24, 2.45) is 0 Å². The highest BCUT2D eigenvalue weighted by molar-refractivity contribution is 5.84. The van der Waals surface area contributed by atoms with E-state index in [0.29, 0.717) is 13.1 Å². The van der Waals surface area contributed by atoms with Gasteiger partial charge in [0.1, 0.15) is 18.0 Å². The Balaban J connectivity index is 1.87. The highest BCUT2D eigenvalue weighted by atomic mass is 19.1. The molecule has 0 radical (unpaired) electrons. The average Bonchev–Trinajstić information content (AvgIpc) is 2.83. The first-order valence-electron chi connectivity index (χ1n) is 12.8. The van der Waals surface area contributed by atoms with Crippen molar-refractivity contribution in [1.29, 1.82) is 0 Å². The Bertz CT molecular complexity index is 839. The Morgan fingerprint density at radius 3 is 2.75 bits per heavy atom. The van der Waals surface area contributed by atoms with Crippen LogP contribution in [0.15, 0.2) is 12.1 Å². The number of anilines is 1. The lowest BCUT2D eigenvalue weighted by atomic mass is 10.0. The normalized spacial score (nSPS) is 15.2. The van der Waals surface area contributed by atoms with Crippen LogP contribution in [0.3, 0.4) is 0 Å². The maximum Gasteiger partial charge on any atom is 0.326 e. The number of unbranched alkanes of at least 4 members (excludes halogenated alkanes) is 1. The zero-order valence-electron chi connectivity index (χ0n) is 22.1. The number of halogens is 1. The summed E-state index contributed by atoms with van der Waals surface area (Å²) >= 11 is 0. The van der Waals surface area contributed by atoms with E-state index in [2.05, 4.69) is 22.8 Å². The monoisotopic (exact) mass is 510 g/mol. The van der Waals surface area contributed by atoms with Crippen LogP contribution in [0.4, 0.5) is 10.2 Å². The molecule has 0 bridgehead atoms. The molecule has 0 fully saturated rings. The Labute approximate surface area is 214 Å². The van der Waals surface area contributed by atoms with Gasteiger partial charge in [0.25, 0.3) is 0 Å². The van der Waals surface area contributed by atoms with Gasteiger partial charge in [0.15, 0.2) is 0 Å². The van der Waals surface area contributed by atoms with Crippen molar-refractivity contribution < 1.29 is 28.6 Å². The van der Waals surface area contributed by atoms with E-state index in [1.807, 2.05) is 4.90 Å². The minimum atomic E-state index is -1.18. The number of aromatic nitrogens is 1. The number of rotatable bonds is 17. The number of carbonyl (C=O) groups excluding carboxylic acids is 1. The van der Waals surface area contributed by atoms with Crippen LogP contribution in [-0.2, 0) is 31.9 Å². The molecule has 2 atom stereocenters. The summed E-state index contributed by atoms with van der Waals surface area (Å²) in [6.45, 7) is 5.56. The molecule has 10 heteroatoms. The van der Waals surface area contributed by atoms with E-state index in [1.54, 1.807) is 13.8 Å². The number of ether oxygens (including phenoxy) is 2. The quantitative estimate of drug-likeness (QED) is 0.274. The molecule has 1 aromatic heterocycles. The number of methoxy groups -OCH3 is 2. The third kappa shape index (κ3) is 10.8. The summed E-state index contributed by atoms with van der Waals surface area (Å²) in [4.78, 5) is 30.7. The number of amides is 1. The number of pyridine rings is 1. The van der Waals surface area contributed by atoms with Gasteiger partial charge in [-0.2, -0.15) is 0 Å². The molecule has 1 aromatic rings. The van der Waals surface area contributed by atoms with Gasteiger partial charge in [0.05, 0.1) is 18.6 Å². The van der Waals surface area contributed by atoms with Gasteiger partial charge in [-0.1, -0.05) is 6.07 Å². The van der Waals surface area contributed by atoms with E-state index < -0.39 is 29.7 Å². The second-order valence-corrected chi connectivity index (χ2v) is 10.0. The van der Waals surface area contributed by atoms with Crippen molar-refractivity contribution in [3.05, 3.63) is 23.4 Å². The van der Waals surface area contributed by atoms with E-state index >= 15 is 0 Å². The summed E-state index contributed by atoms with van der Waals surface area (Å²) in [5.41, 5.74) is 1.60. The number of hydrogen-bond acceptors (Lipinski definition) is 7. The molecule has 9 nitrogen and oxygen atoms in total. The first-order valence-corrected chi connectivity index (χ1v) is 12.8. The van der Waals surface area contributed by atoms with E-state index in [4.69, 9.17) is 14.5 Å². The largest absolute Gasteiger partial charge is 0.480 e. The lowest BCUT2D eigenvalue weighted by Gasteiger charge is -2.27. The van der Waals surface area contributed by atoms with E-state index in [-0.39, 0.29) is 26.0 Å². The molecule has 0 spiro atoms. The van der Waals surface area contributed by atoms with Gasteiger partial charge in [-0.15, -0.1) is 0 Å². The summed E-state index contributed by atoms with van der Waals surface area (Å²) in [6.07, 6.45) is 3.74. The fourth-order valence-corrected chi connectivity index (χ4v) is 4.23. The van der Waals surface area contributed by atoms with Gasteiger partial charge in [-0.05, 0) is 70.5 Å². The summed E-state index contributed by atoms with van der Waals surface area (Å²) < 4.78 is 24.5. The van der Waals surface area contributed by atoms with Crippen LogP contribution < -0.4 is 10.6 Å². The fourth-order valence-electron chi connectivity index (χ4n) is 4.23. The Morgan fingerprint density at radius 1 is 1.28 bits per heavy atom. The first kappa shape index (κ1) is 29.9. The number of carbonyl (C=O) groups is 2. The van der Waals surface area contributed by atoms with Gasteiger partial charge in [-0.25, -0.2) is 14.2 Å². The van der Waals surface area contributed by atoms with Gasteiger partial charge in [0, 0.05) is 39.5 Å². The van der Waals surface area contributed by atoms with Crippen LogP contribution in [0.25, 0.3) is 0 Å². The molecule has 2 heterocycles. The van der Waals surface area contributed by atoms with Crippen LogP contribution >= 0.6 is 0 Å². The second-order valence-electron chi connectivity index (χ2n) is 10.0. The minimum Gasteiger partial charge on any atom is -0.480 e. The molecule has 1 aliphatic rings. The highest BCUT2D eigenvalue weighted by Gasteiger charge is 2.26. The standard InChI is InChI=1S/C26H43FN4O5/c1-26(2,36-4)16-23(32)30-22(25(33)34)12-15-31(17-20(27)18-35-3)14-6-5-9-21-11-10-19-8-7-13-28-24(19)29-21/h10-11,20,22H,5-9,12-18H2,1-4H3,(H,28,29)(H,30,32)(H,33,34). The van der Waals surface area contributed by atoms with Gasteiger partial charge in [-0.3, -0.25) is 4.79 Å². The lowest BCUT2D eigenvalue weighted by molar-refractivity contribution is -0.143. The van der Waals surface area contributed by atoms with Crippen LogP contribution in [0.5, 0.6) is 0 Å². The Morgan fingerprint density at radius 2 is 2.06 bits per heavy atom. The highest BCUT2D eigenvalue weighted by Crippen LogP contribution is 2.20. The maximum atomic E-state index is 14.3. The van der Waals surface area contributed by atoms with Crippen LogP contribution in [0.2, 0.25) is 0 Å². The maximum absolute atomic E-state index is 14.3. The molecule has 3 N–H and O–H groups in total. The van der Waals surface area contributed by atoms with Crippen molar-refractivity contribution >= 4 is 17.7 Å².